The number of nitrogens with two attached hydrogens (primary N) is 1. The second-order valence-corrected chi connectivity index (χ2v) is 6.19. The number of hydrogen-bond donors (Lipinski definition) is 1. The van der Waals surface area contributed by atoms with Crippen molar-refractivity contribution in [2.75, 3.05) is 12.3 Å². The molecule has 3 heteroatoms. The van der Waals surface area contributed by atoms with Crippen molar-refractivity contribution in [1.82, 2.24) is 0 Å². The molecule has 1 unspecified atom stereocenters. The Balaban J connectivity index is 2.06. The summed E-state index contributed by atoms with van der Waals surface area (Å²) in [4.78, 5) is 1.49. The Hall–Kier alpha value is 0.01000. The summed E-state index contributed by atoms with van der Waals surface area (Å²) in [6, 6.07) is 4.35. The van der Waals surface area contributed by atoms with Crippen LogP contribution >= 0.6 is 23.1 Å². The van der Waals surface area contributed by atoms with Crippen LogP contribution < -0.4 is 5.73 Å². The van der Waals surface area contributed by atoms with E-state index in [1.165, 1.54) is 29.9 Å². The number of thioether (sulfide) groups is 1. The zero-order chi connectivity index (χ0) is 9.15. The van der Waals surface area contributed by atoms with Crippen molar-refractivity contribution in [3.8, 4) is 0 Å². The summed E-state index contributed by atoms with van der Waals surface area (Å²) in [6.45, 7) is 0.829. The lowest BCUT2D eigenvalue weighted by Gasteiger charge is -2.25. The molecule has 2 rings (SSSR count). The van der Waals surface area contributed by atoms with Gasteiger partial charge in [-0.3, -0.25) is 0 Å². The Morgan fingerprint density at radius 1 is 1.54 bits per heavy atom. The van der Waals surface area contributed by atoms with Gasteiger partial charge in [-0.25, -0.2) is 0 Å². The van der Waals surface area contributed by atoms with Gasteiger partial charge < -0.3 is 5.73 Å². The summed E-state index contributed by atoms with van der Waals surface area (Å²) in [5.74, 6) is 1.29. The molecule has 1 aromatic heterocycles. The summed E-state index contributed by atoms with van der Waals surface area (Å²) in [5, 5.41) is 2.15. The molecule has 0 bridgehead atoms. The molecule has 72 valence electrons. The third-order valence-electron chi connectivity index (χ3n) is 2.63. The molecule has 0 amide bonds. The highest BCUT2D eigenvalue weighted by Crippen LogP contribution is 2.40. The smallest absolute Gasteiger partial charge is 0.0330 e. The predicted octanol–water partition coefficient (Wildman–Crippen LogP) is 2.52. The molecule has 1 aliphatic rings. The maximum absolute atomic E-state index is 5.87. The van der Waals surface area contributed by atoms with Gasteiger partial charge in [-0.1, -0.05) is 6.07 Å². The molecule has 1 atom stereocenters. The van der Waals surface area contributed by atoms with Crippen molar-refractivity contribution >= 4 is 23.1 Å². The Morgan fingerprint density at radius 3 is 3.00 bits per heavy atom. The van der Waals surface area contributed by atoms with Crippen LogP contribution in [-0.4, -0.2) is 17.0 Å². The van der Waals surface area contributed by atoms with E-state index >= 15 is 0 Å². The average Bonchev–Trinajstić information content (AvgIpc) is 2.77. The third kappa shape index (κ3) is 2.09. The minimum absolute atomic E-state index is 0.366. The zero-order valence-electron chi connectivity index (χ0n) is 7.66. The van der Waals surface area contributed by atoms with Gasteiger partial charge >= 0.3 is 0 Å². The molecule has 1 nitrogen and oxygen atoms in total. The first-order valence-electron chi connectivity index (χ1n) is 4.71. The number of rotatable bonds is 3. The SMILES string of the molecule is NCC1(Cc2cccs2)CCCS1. The molecular weight excluding hydrogens is 198 g/mol. The molecule has 0 spiro atoms. The summed E-state index contributed by atoms with van der Waals surface area (Å²) in [5.41, 5.74) is 5.87. The van der Waals surface area contributed by atoms with Gasteiger partial charge in [-0.05, 0) is 36.5 Å². The van der Waals surface area contributed by atoms with Crippen molar-refractivity contribution in [2.24, 2.45) is 5.73 Å². The molecular formula is C10H15NS2. The molecule has 1 fully saturated rings. The molecule has 0 aromatic carbocycles. The molecule has 0 saturated carbocycles. The van der Waals surface area contributed by atoms with E-state index in [1.807, 2.05) is 11.3 Å². The first-order chi connectivity index (χ1) is 6.35. The van der Waals surface area contributed by atoms with Crippen LogP contribution in [0.5, 0.6) is 0 Å². The molecule has 0 aliphatic carbocycles. The monoisotopic (exact) mass is 213 g/mol. The van der Waals surface area contributed by atoms with Crippen molar-refractivity contribution in [1.29, 1.82) is 0 Å². The van der Waals surface area contributed by atoms with E-state index in [0.29, 0.717) is 4.75 Å². The maximum atomic E-state index is 5.87. The van der Waals surface area contributed by atoms with E-state index in [9.17, 15) is 0 Å². The Kier molecular flexibility index (Phi) is 2.96. The molecule has 2 heterocycles. The molecule has 2 N–H and O–H groups in total. The summed E-state index contributed by atoms with van der Waals surface area (Å²) >= 11 is 3.92. The van der Waals surface area contributed by atoms with E-state index in [4.69, 9.17) is 5.73 Å². The van der Waals surface area contributed by atoms with Crippen LogP contribution in [0.15, 0.2) is 17.5 Å². The van der Waals surface area contributed by atoms with Gasteiger partial charge in [0.05, 0.1) is 0 Å². The lowest BCUT2D eigenvalue weighted by atomic mass is 9.98. The minimum Gasteiger partial charge on any atom is -0.329 e. The number of hydrogen-bond acceptors (Lipinski definition) is 3. The molecule has 1 aliphatic heterocycles. The maximum Gasteiger partial charge on any atom is 0.0330 e. The Labute approximate surface area is 87.7 Å². The third-order valence-corrected chi connectivity index (χ3v) is 5.13. The first-order valence-corrected chi connectivity index (χ1v) is 6.58. The fraction of sp³-hybridized carbons (Fsp3) is 0.600. The fourth-order valence-corrected chi connectivity index (χ4v) is 4.18. The normalized spacial score (nSPS) is 28.1. The molecule has 0 radical (unpaired) electrons. The Bertz CT molecular complexity index is 250. The first kappa shape index (κ1) is 9.56. The van der Waals surface area contributed by atoms with E-state index in [1.54, 1.807) is 0 Å². The van der Waals surface area contributed by atoms with Crippen LogP contribution in [-0.2, 0) is 6.42 Å². The van der Waals surface area contributed by atoms with Gasteiger partial charge in [0, 0.05) is 16.2 Å². The number of thiophene rings is 1. The van der Waals surface area contributed by atoms with Crippen LogP contribution in [0.1, 0.15) is 17.7 Å². The summed E-state index contributed by atoms with van der Waals surface area (Å²) < 4.78 is 0.366. The highest BCUT2D eigenvalue weighted by Gasteiger charge is 2.33. The minimum atomic E-state index is 0.366. The lowest BCUT2D eigenvalue weighted by molar-refractivity contribution is 0.569. The van der Waals surface area contributed by atoms with E-state index < -0.39 is 0 Å². The van der Waals surface area contributed by atoms with Crippen molar-refractivity contribution < 1.29 is 0 Å². The topological polar surface area (TPSA) is 26.0 Å². The average molecular weight is 213 g/mol. The van der Waals surface area contributed by atoms with Crippen molar-refractivity contribution in [2.45, 2.75) is 24.0 Å². The van der Waals surface area contributed by atoms with Crippen LogP contribution in [0.3, 0.4) is 0 Å². The Morgan fingerprint density at radius 2 is 2.46 bits per heavy atom. The van der Waals surface area contributed by atoms with E-state index in [2.05, 4.69) is 29.3 Å². The predicted molar refractivity (Wildman–Crippen MR) is 61.5 cm³/mol. The van der Waals surface area contributed by atoms with Gasteiger partial charge in [0.25, 0.3) is 0 Å². The van der Waals surface area contributed by atoms with Gasteiger partial charge in [0.2, 0.25) is 0 Å². The molecule has 1 aromatic rings. The largest absolute Gasteiger partial charge is 0.329 e. The lowest BCUT2D eigenvalue weighted by Crippen LogP contribution is -2.33. The highest BCUT2D eigenvalue weighted by atomic mass is 32.2. The summed E-state index contributed by atoms with van der Waals surface area (Å²) in [7, 11) is 0. The molecule has 13 heavy (non-hydrogen) atoms. The standard InChI is InChI=1S/C10H15NS2/c11-8-10(4-2-6-13-10)7-9-3-1-5-12-9/h1,3,5H,2,4,6-8,11H2. The van der Waals surface area contributed by atoms with Crippen LogP contribution in [0.25, 0.3) is 0 Å². The fourth-order valence-electron chi connectivity index (χ4n) is 1.86. The molecule has 1 saturated heterocycles. The van der Waals surface area contributed by atoms with Crippen LogP contribution in [0.2, 0.25) is 0 Å². The van der Waals surface area contributed by atoms with Crippen molar-refractivity contribution in [3.63, 3.8) is 0 Å². The van der Waals surface area contributed by atoms with Gasteiger partial charge in [-0.2, -0.15) is 11.8 Å². The second kappa shape index (κ2) is 4.03. The van der Waals surface area contributed by atoms with Gasteiger partial charge in [0.15, 0.2) is 0 Å². The van der Waals surface area contributed by atoms with Crippen molar-refractivity contribution in [3.05, 3.63) is 22.4 Å². The van der Waals surface area contributed by atoms with Crippen LogP contribution in [0, 0.1) is 0 Å². The summed E-state index contributed by atoms with van der Waals surface area (Å²) in [6.07, 6.45) is 3.81. The van der Waals surface area contributed by atoms with Crippen LogP contribution in [0.4, 0.5) is 0 Å². The van der Waals surface area contributed by atoms with E-state index in [-0.39, 0.29) is 0 Å². The quantitative estimate of drug-likeness (QED) is 0.835. The van der Waals surface area contributed by atoms with Gasteiger partial charge in [0.1, 0.15) is 0 Å². The second-order valence-electron chi connectivity index (χ2n) is 3.60. The van der Waals surface area contributed by atoms with E-state index in [0.717, 1.165) is 6.54 Å². The highest BCUT2D eigenvalue weighted by molar-refractivity contribution is 8.00. The zero-order valence-corrected chi connectivity index (χ0v) is 9.29. The van der Waals surface area contributed by atoms with Gasteiger partial charge in [-0.15, -0.1) is 11.3 Å².